The van der Waals surface area contributed by atoms with E-state index in [9.17, 15) is 0 Å². The summed E-state index contributed by atoms with van der Waals surface area (Å²) in [5.74, 6) is 1.97. The van der Waals surface area contributed by atoms with Crippen LogP contribution in [0.3, 0.4) is 0 Å². The standard InChI is InChI=1S/C27H36N2O/c1-28(2)17-9-5-7-11-22-13-15-26-24(19-22)21-25-20-23(14-16-27(25)30-26)12-8-6-10-18-29(3)4/h7-8,11-16,19-20H,5-6,9-10,17-18,21H2,1-4H3. The van der Waals surface area contributed by atoms with Crippen molar-refractivity contribution in [3.63, 3.8) is 0 Å². The maximum absolute atomic E-state index is 6.17. The van der Waals surface area contributed by atoms with Crippen molar-refractivity contribution in [2.75, 3.05) is 41.3 Å². The summed E-state index contributed by atoms with van der Waals surface area (Å²) in [4.78, 5) is 4.46. The van der Waals surface area contributed by atoms with Gasteiger partial charge in [0.2, 0.25) is 0 Å². The Balaban J connectivity index is 1.61. The predicted molar refractivity (Wildman–Crippen MR) is 129 cm³/mol. The number of hydrogen-bond acceptors (Lipinski definition) is 3. The Hall–Kier alpha value is -2.36. The number of ether oxygens (including phenoxy) is 1. The van der Waals surface area contributed by atoms with Gasteiger partial charge in [0.15, 0.2) is 0 Å². The lowest BCUT2D eigenvalue weighted by Crippen LogP contribution is -2.12. The average Bonchev–Trinajstić information content (AvgIpc) is 2.71. The van der Waals surface area contributed by atoms with Crippen LogP contribution < -0.4 is 4.74 Å². The van der Waals surface area contributed by atoms with Crippen LogP contribution in [0.5, 0.6) is 11.5 Å². The van der Waals surface area contributed by atoms with E-state index in [-0.39, 0.29) is 0 Å². The van der Waals surface area contributed by atoms with Crippen LogP contribution in [0, 0.1) is 0 Å². The number of unbranched alkanes of at least 4 members (excludes halogenated alkanes) is 2. The highest BCUT2D eigenvalue weighted by Crippen LogP contribution is 2.37. The normalized spacial score (nSPS) is 13.3. The van der Waals surface area contributed by atoms with Gasteiger partial charge in [0.25, 0.3) is 0 Å². The molecule has 1 aliphatic heterocycles. The van der Waals surface area contributed by atoms with Gasteiger partial charge in [0.05, 0.1) is 0 Å². The number of benzene rings is 2. The van der Waals surface area contributed by atoms with Gasteiger partial charge in [-0.15, -0.1) is 0 Å². The second-order valence-electron chi connectivity index (χ2n) is 8.71. The highest BCUT2D eigenvalue weighted by molar-refractivity contribution is 5.60. The van der Waals surface area contributed by atoms with Crippen LogP contribution in [0.1, 0.15) is 47.9 Å². The zero-order valence-electron chi connectivity index (χ0n) is 19.0. The van der Waals surface area contributed by atoms with E-state index in [0.29, 0.717) is 0 Å². The molecule has 1 heterocycles. The van der Waals surface area contributed by atoms with Crippen LogP contribution in [-0.2, 0) is 6.42 Å². The smallest absolute Gasteiger partial charge is 0.131 e. The van der Waals surface area contributed by atoms with Crippen molar-refractivity contribution in [3.05, 3.63) is 70.8 Å². The Kier molecular flexibility index (Phi) is 8.30. The SMILES string of the molecule is CN(C)CCCC=Cc1ccc2c(c1)Cc1cc(C=CCCCN(C)C)ccc1O2. The van der Waals surface area contributed by atoms with Gasteiger partial charge < -0.3 is 14.5 Å². The van der Waals surface area contributed by atoms with Crippen molar-refractivity contribution in [2.45, 2.75) is 32.1 Å². The van der Waals surface area contributed by atoms with E-state index in [1.165, 1.54) is 35.1 Å². The first-order valence-electron chi connectivity index (χ1n) is 11.1. The van der Waals surface area contributed by atoms with Gasteiger partial charge in [-0.2, -0.15) is 0 Å². The first-order chi connectivity index (χ1) is 14.5. The monoisotopic (exact) mass is 404 g/mol. The van der Waals surface area contributed by atoms with Crippen molar-refractivity contribution in [1.82, 2.24) is 9.80 Å². The largest absolute Gasteiger partial charge is 0.457 e. The Bertz CT molecular complexity index is 809. The molecule has 2 aromatic rings. The molecule has 0 aliphatic carbocycles. The summed E-state index contributed by atoms with van der Waals surface area (Å²) in [6, 6.07) is 13.1. The summed E-state index contributed by atoms with van der Waals surface area (Å²) in [5, 5.41) is 0. The fourth-order valence-electron chi connectivity index (χ4n) is 3.69. The highest BCUT2D eigenvalue weighted by Gasteiger charge is 2.17. The van der Waals surface area contributed by atoms with Gasteiger partial charge >= 0.3 is 0 Å². The molecule has 0 aromatic heterocycles. The zero-order chi connectivity index (χ0) is 21.3. The maximum Gasteiger partial charge on any atom is 0.131 e. The lowest BCUT2D eigenvalue weighted by atomic mass is 9.96. The summed E-state index contributed by atoms with van der Waals surface area (Å²) in [5.41, 5.74) is 5.04. The van der Waals surface area contributed by atoms with Crippen LogP contribution in [0.2, 0.25) is 0 Å². The molecule has 0 atom stereocenters. The molecule has 1 aliphatic rings. The Morgan fingerprint density at radius 1 is 0.733 bits per heavy atom. The molecule has 0 unspecified atom stereocenters. The summed E-state index contributed by atoms with van der Waals surface area (Å²) >= 11 is 0. The van der Waals surface area contributed by atoms with Gasteiger partial charge in [-0.25, -0.2) is 0 Å². The molecule has 3 rings (SSSR count). The summed E-state index contributed by atoms with van der Waals surface area (Å²) in [6.07, 6.45) is 14.6. The number of rotatable bonds is 10. The molecule has 30 heavy (non-hydrogen) atoms. The molecule has 0 spiro atoms. The molecule has 0 amide bonds. The van der Waals surface area contributed by atoms with Crippen molar-refractivity contribution >= 4 is 12.2 Å². The second kappa shape index (κ2) is 11.1. The first kappa shape index (κ1) is 22.3. The molecule has 0 bridgehead atoms. The molecule has 0 N–H and O–H groups in total. The van der Waals surface area contributed by atoms with E-state index in [2.05, 4.69) is 98.7 Å². The molecule has 0 saturated carbocycles. The summed E-state index contributed by atoms with van der Waals surface area (Å²) < 4.78 is 6.17. The van der Waals surface area contributed by atoms with Gasteiger partial charge in [0.1, 0.15) is 11.5 Å². The maximum atomic E-state index is 6.17. The van der Waals surface area contributed by atoms with Crippen LogP contribution in [0.15, 0.2) is 48.6 Å². The number of allylic oxidation sites excluding steroid dienone is 2. The molecule has 160 valence electrons. The third-order valence-electron chi connectivity index (χ3n) is 5.34. The predicted octanol–water partition coefficient (Wildman–Crippen LogP) is 6.09. The van der Waals surface area contributed by atoms with Gasteiger partial charge in [0, 0.05) is 6.42 Å². The van der Waals surface area contributed by atoms with E-state index in [4.69, 9.17) is 4.74 Å². The minimum Gasteiger partial charge on any atom is -0.457 e. The second-order valence-corrected chi connectivity index (χ2v) is 8.71. The lowest BCUT2D eigenvalue weighted by Gasteiger charge is -2.21. The molecule has 3 nitrogen and oxygen atoms in total. The van der Waals surface area contributed by atoms with E-state index in [1.54, 1.807) is 0 Å². The summed E-state index contributed by atoms with van der Waals surface area (Å²) in [6.45, 7) is 2.26. The van der Waals surface area contributed by atoms with E-state index in [0.717, 1.165) is 43.9 Å². The zero-order valence-corrected chi connectivity index (χ0v) is 19.0. The third-order valence-corrected chi connectivity index (χ3v) is 5.34. The van der Waals surface area contributed by atoms with E-state index in [1.807, 2.05) is 0 Å². The fraction of sp³-hybridized carbons (Fsp3) is 0.407. The fourth-order valence-corrected chi connectivity index (χ4v) is 3.69. The van der Waals surface area contributed by atoms with Crippen LogP contribution in [0.4, 0.5) is 0 Å². The molecule has 0 fully saturated rings. The quantitative estimate of drug-likeness (QED) is 0.380. The molecule has 2 aromatic carbocycles. The van der Waals surface area contributed by atoms with Crippen molar-refractivity contribution in [3.8, 4) is 11.5 Å². The van der Waals surface area contributed by atoms with Gasteiger partial charge in [-0.1, -0.05) is 36.4 Å². The Morgan fingerprint density at radius 3 is 1.63 bits per heavy atom. The molecular formula is C27H36N2O. The van der Waals surface area contributed by atoms with E-state index < -0.39 is 0 Å². The molecule has 3 heteroatoms. The minimum absolute atomic E-state index is 0.926. The Labute approximate surface area is 182 Å². The highest BCUT2D eigenvalue weighted by atomic mass is 16.5. The lowest BCUT2D eigenvalue weighted by molar-refractivity contribution is 0.402. The first-order valence-corrected chi connectivity index (χ1v) is 11.1. The number of hydrogen-bond donors (Lipinski definition) is 0. The average molecular weight is 405 g/mol. The summed E-state index contributed by atoms with van der Waals surface area (Å²) in [7, 11) is 8.49. The van der Waals surface area contributed by atoms with Crippen molar-refractivity contribution in [1.29, 1.82) is 0 Å². The van der Waals surface area contributed by atoms with Crippen molar-refractivity contribution in [2.24, 2.45) is 0 Å². The molecular weight excluding hydrogens is 368 g/mol. The minimum atomic E-state index is 0.926. The van der Waals surface area contributed by atoms with Crippen LogP contribution in [0.25, 0.3) is 12.2 Å². The molecule has 0 saturated heterocycles. The van der Waals surface area contributed by atoms with Gasteiger partial charge in [-0.3, -0.25) is 0 Å². The van der Waals surface area contributed by atoms with Crippen LogP contribution >= 0.6 is 0 Å². The molecule has 0 radical (unpaired) electrons. The van der Waals surface area contributed by atoms with Crippen LogP contribution in [-0.4, -0.2) is 51.1 Å². The van der Waals surface area contributed by atoms with Gasteiger partial charge in [-0.05, 0) is 113 Å². The number of nitrogens with zero attached hydrogens (tertiary/aromatic N) is 2. The van der Waals surface area contributed by atoms with Crippen molar-refractivity contribution < 1.29 is 4.74 Å². The van der Waals surface area contributed by atoms with E-state index >= 15 is 0 Å². The third kappa shape index (κ3) is 6.86. The number of fused-ring (bicyclic) bond motifs is 2. The Morgan fingerprint density at radius 2 is 1.20 bits per heavy atom. The topological polar surface area (TPSA) is 15.7 Å².